The van der Waals surface area contributed by atoms with Crippen molar-refractivity contribution in [3.8, 4) is 0 Å². The lowest BCUT2D eigenvalue weighted by atomic mass is 10.5. The van der Waals surface area contributed by atoms with E-state index in [-0.39, 0.29) is 0 Å². The second-order valence-corrected chi connectivity index (χ2v) is 3.76. The Hall–Kier alpha value is 0.600. The fraction of sp³-hybridized carbons (Fsp3) is 1.00. The molecule has 0 aliphatic rings. The van der Waals surface area contributed by atoms with Crippen LogP contribution in [0.3, 0.4) is 0 Å². The van der Waals surface area contributed by atoms with E-state index < -0.39 is 0 Å². The zero-order chi connectivity index (χ0) is 7.66. The van der Waals surface area contributed by atoms with E-state index in [0.717, 1.165) is 25.4 Å². The van der Waals surface area contributed by atoms with Crippen molar-refractivity contribution in [3.05, 3.63) is 0 Å². The third kappa shape index (κ3) is 8.60. The molecule has 0 aliphatic carbocycles. The van der Waals surface area contributed by atoms with Gasteiger partial charge in [-0.2, -0.15) is 11.8 Å². The Labute approximate surface area is 72.9 Å². The summed E-state index contributed by atoms with van der Waals surface area (Å²) in [6, 6.07) is 0. The fourth-order valence-electron chi connectivity index (χ4n) is 0.605. The van der Waals surface area contributed by atoms with E-state index in [4.69, 9.17) is 11.6 Å². The molecule has 0 rings (SSSR count). The smallest absolute Gasteiger partial charge is 0.0235 e. The van der Waals surface area contributed by atoms with Gasteiger partial charge in [0.15, 0.2) is 0 Å². The minimum Gasteiger partial charge on any atom is -0.316 e. The summed E-state index contributed by atoms with van der Waals surface area (Å²) in [5, 5.41) is 3.32. The molecule has 0 radical (unpaired) electrons. The topological polar surface area (TPSA) is 12.0 Å². The van der Waals surface area contributed by atoms with Crippen molar-refractivity contribution in [1.82, 2.24) is 5.32 Å². The molecular formula is C7H16ClNS. The van der Waals surface area contributed by atoms with E-state index in [2.05, 4.69) is 12.2 Å². The third-order valence-electron chi connectivity index (χ3n) is 1.11. The van der Waals surface area contributed by atoms with E-state index in [0.29, 0.717) is 0 Å². The van der Waals surface area contributed by atoms with E-state index in [9.17, 15) is 0 Å². The molecule has 62 valence electrons. The first-order valence-corrected chi connectivity index (χ1v) is 5.45. The van der Waals surface area contributed by atoms with Crippen molar-refractivity contribution in [2.24, 2.45) is 0 Å². The molecular weight excluding hydrogens is 166 g/mol. The van der Waals surface area contributed by atoms with Crippen molar-refractivity contribution in [2.75, 3.05) is 30.5 Å². The Morgan fingerprint density at radius 3 is 2.80 bits per heavy atom. The highest BCUT2D eigenvalue weighted by Gasteiger charge is 1.86. The van der Waals surface area contributed by atoms with E-state index in [1.54, 1.807) is 0 Å². The molecule has 0 fully saturated rings. The molecule has 0 aromatic rings. The molecule has 0 aromatic heterocycles. The molecule has 1 N–H and O–H groups in total. The van der Waals surface area contributed by atoms with Crippen LogP contribution in [0, 0.1) is 0 Å². The number of thioether (sulfide) groups is 1. The molecule has 0 atom stereocenters. The van der Waals surface area contributed by atoms with E-state index in [1.165, 1.54) is 11.5 Å². The van der Waals surface area contributed by atoms with Crippen molar-refractivity contribution in [2.45, 2.75) is 13.3 Å². The molecule has 0 bridgehead atoms. The van der Waals surface area contributed by atoms with Crippen LogP contribution in [0.4, 0.5) is 0 Å². The van der Waals surface area contributed by atoms with E-state index in [1.807, 2.05) is 11.8 Å². The van der Waals surface area contributed by atoms with Gasteiger partial charge in [-0.1, -0.05) is 6.92 Å². The van der Waals surface area contributed by atoms with Crippen LogP contribution in [0.1, 0.15) is 13.3 Å². The predicted octanol–water partition coefficient (Wildman–Crippen LogP) is 1.96. The highest BCUT2D eigenvalue weighted by Crippen LogP contribution is 1.94. The second-order valence-electron chi connectivity index (χ2n) is 1.99. The molecule has 10 heavy (non-hydrogen) atoms. The first-order chi connectivity index (χ1) is 4.91. The average molecular weight is 182 g/mol. The number of hydrogen-bond donors (Lipinski definition) is 1. The molecule has 0 saturated heterocycles. The third-order valence-corrected chi connectivity index (χ3v) is 2.28. The van der Waals surface area contributed by atoms with Crippen LogP contribution >= 0.6 is 23.4 Å². The van der Waals surface area contributed by atoms with Gasteiger partial charge >= 0.3 is 0 Å². The standard InChI is InChI=1S/C7H16ClNS/c1-2-10-7-6-9-5-3-4-8/h9H,2-7H2,1H3. The van der Waals surface area contributed by atoms with Crippen LogP contribution in [0.5, 0.6) is 0 Å². The lowest BCUT2D eigenvalue weighted by molar-refractivity contribution is 0.710. The Morgan fingerprint density at radius 2 is 2.20 bits per heavy atom. The van der Waals surface area contributed by atoms with Crippen LogP contribution < -0.4 is 5.32 Å². The summed E-state index contributed by atoms with van der Waals surface area (Å²) in [5.74, 6) is 3.21. The number of halogens is 1. The summed E-state index contributed by atoms with van der Waals surface area (Å²) in [4.78, 5) is 0. The number of rotatable bonds is 7. The zero-order valence-corrected chi connectivity index (χ0v) is 8.10. The molecule has 1 nitrogen and oxygen atoms in total. The van der Waals surface area contributed by atoms with Crippen molar-refractivity contribution in [3.63, 3.8) is 0 Å². The minimum absolute atomic E-state index is 0.772. The van der Waals surface area contributed by atoms with Gasteiger partial charge in [0.25, 0.3) is 0 Å². The summed E-state index contributed by atoms with van der Waals surface area (Å²) in [6.45, 7) is 4.37. The Bertz CT molecular complexity index is 53.6. The first-order valence-electron chi connectivity index (χ1n) is 3.76. The Morgan fingerprint density at radius 1 is 1.40 bits per heavy atom. The normalized spacial score (nSPS) is 10.2. The molecule has 0 heterocycles. The van der Waals surface area contributed by atoms with Crippen molar-refractivity contribution in [1.29, 1.82) is 0 Å². The summed E-state index contributed by atoms with van der Waals surface area (Å²) >= 11 is 7.47. The van der Waals surface area contributed by atoms with Crippen molar-refractivity contribution < 1.29 is 0 Å². The maximum atomic E-state index is 5.50. The van der Waals surface area contributed by atoms with Gasteiger partial charge in [-0.05, 0) is 18.7 Å². The molecule has 0 unspecified atom stereocenters. The number of nitrogens with one attached hydrogen (secondary N) is 1. The highest BCUT2D eigenvalue weighted by atomic mass is 35.5. The van der Waals surface area contributed by atoms with E-state index >= 15 is 0 Å². The van der Waals surface area contributed by atoms with Crippen LogP contribution in [-0.4, -0.2) is 30.5 Å². The van der Waals surface area contributed by atoms with Gasteiger partial charge in [0.05, 0.1) is 0 Å². The maximum Gasteiger partial charge on any atom is 0.0235 e. The largest absolute Gasteiger partial charge is 0.316 e. The van der Waals surface area contributed by atoms with Crippen LogP contribution in [0.2, 0.25) is 0 Å². The van der Waals surface area contributed by atoms with Crippen LogP contribution in [0.25, 0.3) is 0 Å². The summed E-state index contributed by atoms with van der Waals surface area (Å²) in [7, 11) is 0. The summed E-state index contributed by atoms with van der Waals surface area (Å²) in [5.41, 5.74) is 0. The second kappa shape index (κ2) is 9.60. The molecule has 0 aliphatic heterocycles. The summed E-state index contributed by atoms with van der Waals surface area (Å²) in [6.07, 6.45) is 1.08. The molecule has 0 saturated carbocycles. The van der Waals surface area contributed by atoms with Gasteiger partial charge < -0.3 is 5.32 Å². The quantitative estimate of drug-likeness (QED) is 0.476. The predicted molar refractivity (Wildman–Crippen MR) is 51.2 cm³/mol. The van der Waals surface area contributed by atoms with Gasteiger partial charge in [0.2, 0.25) is 0 Å². The Balaban J connectivity index is 2.65. The monoisotopic (exact) mass is 181 g/mol. The van der Waals surface area contributed by atoms with Gasteiger partial charge in [-0.25, -0.2) is 0 Å². The van der Waals surface area contributed by atoms with Gasteiger partial charge in [-0.3, -0.25) is 0 Å². The highest BCUT2D eigenvalue weighted by molar-refractivity contribution is 7.99. The van der Waals surface area contributed by atoms with Gasteiger partial charge in [0, 0.05) is 18.2 Å². The van der Waals surface area contributed by atoms with Crippen molar-refractivity contribution >= 4 is 23.4 Å². The minimum atomic E-state index is 0.772. The average Bonchev–Trinajstić information content (AvgIpc) is 1.97. The first kappa shape index (κ1) is 10.6. The van der Waals surface area contributed by atoms with Gasteiger partial charge in [-0.15, -0.1) is 11.6 Å². The maximum absolute atomic E-state index is 5.50. The molecule has 0 amide bonds. The number of alkyl halides is 1. The molecule has 3 heteroatoms. The van der Waals surface area contributed by atoms with Gasteiger partial charge in [0.1, 0.15) is 0 Å². The lowest BCUT2D eigenvalue weighted by Gasteiger charge is -2.00. The lowest BCUT2D eigenvalue weighted by Crippen LogP contribution is -2.18. The SMILES string of the molecule is CCSCCNCCCCl. The zero-order valence-electron chi connectivity index (χ0n) is 6.53. The molecule has 0 spiro atoms. The fourth-order valence-corrected chi connectivity index (χ4v) is 1.32. The summed E-state index contributed by atoms with van der Waals surface area (Å²) < 4.78 is 0. The molecule has 0 aromatic carbocycles. The van der Waals surface area contributed by atoms with Crippen LogP contribution in [-0.2, 0) is 0 Å². The number of hydrogen-bond acceptors (Lipinski definition) is 2. The Kier molecular flexibility index (Phi) is 10.2. The van der Waals surface area contributed by atoms with Crippen LogP contribution in [0.15, 0.2) is 0 Å².